The highest BCUT2D eigenvalue weighted by Gasteiger charge is 2.22. The highest BCUT2D eigenvalue weighted by molar-refractivity contribution is 5.87. The molecule has 0 aromatic heterocycles. The van der Waals surface area contributed by atoms with Gasteiger partial charge in [-0.05, 0) is 37.7 Å². The number of fused-ring (bicyclic) bond motifs is 1. The number of nitrogens with zero attached hydrogens (tertiary/aromatic N) is 1. The van der Waals surface area contributed by atoms with Gasteiger partial charge in [-0.2, -0.15) is 5.10 Å². The molecule has 1 fully saturated rings. The smallest absolute Gasteiger partial charge is 0.0423 e. The van der Waals surface area contributed by atoms with Crippen LogP contribution in [0, 0.1) is 11.8 Å². The maximum Gasteiger partial charge on any atom is 0.0423 e. The van der Waals surface area contributed by atoms with Gasteiger partial charge in [0.25, 0.3) is 0 Å². The number of hydrazone groups is 1. The molecule has 1 saturated carbocycles. The Morgan fingerprint density at radius 2 is 2.21 bits per heavy atom. The van der Waals surface area contributed by atoms with Crippen LogP contribution in [0.2, 0.25) is 0 Å². The lowest BCUT2D eigenvalue weighted by Crippen LogP contribution is -2.24. The highest BCUT2D eigenvalue weighted by Crippen LogP contribution is 2.31. The first-order valence-electron chi connectivity index (χ1n) is 5.76. The average molecular weight is 192 g/mol. The number of allylic oxidation sites excluding steroid dienone is 1. The quantitative estimate of drug-likeness (QED) is 0.626. The topological polar surface area (TPSA) is 24.4 Å². The van der Waals surface area contributed by atoms with Crippen LogP contribution in [-0.4, -0.2) is 5.71 Å². The van der Waals surface area contributed by atoms with E-state index in [1.807, 2.05) is 0 Å². The van der Waals surface area contributed by atoms with E-state index in [9.17, 15) is 0 Å². The molecule has 2 atom stereocenters. The van der Waals surface area contributed by atoms with Crippen molar-refractivity contribution >= 4 is 5.71 Å². The summed E-state index contributed by atoms with van der Waals surface area (Å²) in [5.41, 5.74) is 5.87. The zero-order valence-electron chi connectivity index (χ0n) is 9.21. The molecule has 2 nitrogen and oxygen atoms in total. The van der Waals surface area contributed by atoms with Gasteiger partial charge >= 0.3 is 0 Å². The Labute approximate surface area is 86.5 Å². The van der Waals surface area contributed by atoms with Crippen LogP contribution in [0.1, 0.15) is 46.0 Å². The Kier molecular flexibility index (Phi) is 2.90. The monoisotopic (exact) mass is 192 g/mol. The van der Waals surface area contributed by atoms with E-state index in [2.05, 4.69) is 30.6 Å². The molecule has 1 N–H and O–H groups in total. The third-order valence-corrected chi connectivity index (χ3v) is 3.56. The van der Waals surface area contributed by atoms with Gasteiger partial charge in [0.2, 0.25) is 0 Å². The van der Waals surface area contributed by atoms with Crippen LogP contribution in [-0.2, 0) is 0 Å². The largest absolute Gasteiger partial charge is 0.286 e. The molecule has 0 aromatic rings. The molecule has 2 unspecified atom stereocenters. The molecular formula is C12H20N2. The van der Waals surface area contributed by atoms with Gasteiger partial charge in [-0.3, -0.25) is 5.43 Å². The molecular weight excluding hydrogens is 172 g/mol. The molecule has 2 aliphatic rings. The maximum absolute atomic E-state index is 4.30. The molecule has 2 heteroatoms. The Hall–Kier alpha value is -0.790. The van der Waals surface area contributed by atoms with Crippen LogP contribution in [0.15, 0.2) is 16.9 Å². The number of rotatable bonds is 0. The summed E-state index contributed by atoms with van der Waals surface area (Å²) in [6.45, 7) is 4.52. The summed E-state index contributed by atoms with van der Waals surface area (Å²) in [4.78, 5) is 0. The second-order valence-corrected chi connectivity index (χ2v) is 4.73. The van der Waals surface area contributed by atoms with Gasteiger partial charge < -0.3 is 0 Å². The van der Waals surface area contributed by atoms with Crippen molar-refractivity contribution in [3.63, 3.8) is 0 Å². The van der Waals surface area contributed by atoms with Gasteiger partial charge in [0, 0.05) is 17.8 Å². The third-order valence-electron chi connectivity index (χ3n) is 3.56. The van der Waals surface area contributed by atoms with Gasteiger partial charge in [0.1, 0.15) is 0 Å². The van der Waals surface area contributed by atoms with Crippen molar-refractivity contribution in [2.75, 3.05) is 0 Å². The normalized spacial score (nSPS) is 33.0. The molecule has 0 saturated heterocycles. The van der Waals surface area contributed by atoms with Crippen molar-refractivity contribution < 1.29 is 0 Å². The number of hydrogen-bond donors (Lipinski definition) is 1. The van der Waals surface area contributed by atoms with E-state index in [1.165, 1.54) is 37.8 Å². The molecule has 0 bridgehead atoms. The van der Waals surface area contributed by atoms with Crippen LogP contribution in [0.3, 0.4) is 0 Å². The fourth-order valence-electron chi connectivity index (χ4n) is 2.53. The Bertz CT molecular complexity index is 265. The van der Waals surface area contributed by atoms with Crippen molar-refractivity contribution in [1.82, 2.24) is 5.43 Å². The molecule has 78 valence electrons. The van der Waals surface area contributed by atoms with Gasteiger partial charge in [0.05, 0.1) is 0 Å². The number of nitrogens with one attached hydrogen (secondary N) is 1. The Morgan fingerprint density at radius 3 is 3.07 bits per heavy atom. The summed E-state index contributed by atoms with van der Waals surface area (Å²) in [5.74, 6) is 1.54. The van der Waals surface area contributed by atoms with Crippen molar-refractivity contribution in [3.05, 3.63) is 11.8 Å². The maximum atomic E-state index is 4.30. The van der Waals surface area contributed by atoms with E-state index < -0.39 is 0 Å². The van der Waals surface area contributed by atoms with E-state index in [-0.39, 0.29) is 0 Å². The van der Waals surface area contributed by atoms with Crippen LogP contribution in [0.25, 0.3) is 0 Å². The summed E-state index contributed by atoms with van der Waals surface area (Å²) in [6.07, 6.45) is 8.77. The molecule has 1 aliphatic carbocycles. The molecule has 1 heterocycles. The van der Waals surface area contributed by atoms with Gasteiger partial charge in [0.15, 0.2) is 0 Å². The fourth-order valence-corrected chi connectivity index (χ4v) is 2.53. The van der Waals surface area contributed by atoms with Crippen molar-refractivity contribution in [2.45, 2.75) is 46.0 Å². The van der Waals surface area contributed by atoms with Crippen molar-refractivity contribution in [2.24, 2.45) is 16.9 Å². The lowest BCUT2D eigenvalue weighted by Gasteiger charge is -2.27. The van der Waals surface area contributed by atoms with E-state index >= 15 is 0 Å². The molecule has 0 aromatic carbocycles. The second-order valence-electron chi connectivity index (χ2n) is 4.73. The molecule has 14 heavy (non-hydrogen) atoms. The fraction of sp³-hybridized carbons (Fsp3) is 0.750. The summed E-state index contributed by atoms with van der Waals surface area (Å²) < 4.78 is 0. The van der Waals surface area contributed by atoms with E-state index in [0.29, 0.717) is 5.92 Å². The predicted molar refractivity (Wildman–Crippen MR) is 60.1 cm³/mol. The molecule has 0 radical (unpaired) electrons. The first-order chi connectivity index (χ1) is 6.77. The summed E-state index contributed by atoms with van der Waals surface area (Å²) in [5, 5.41) is 4.30. The zero-order valence-corrected chi connectivity index (χ0v) is 9.21. The van der Waals surface area contributed by atoms with E-state index in [4.69, 9.17) is 0 Å². The summed E-state index contributed by atoms with van der Waals surface area (Å²) in [6, 6.07) is 0. The minimum absolute atomic E-state index is 0.642. The molecule has 1 aliphatic heterocycles. The standard InChI is InChI=1S/C12H20N2/c1-9-4-3-5-12-10(2)14-13-8-11(12)7-6-9/h8-9,12-13H,3-7H2,1-2H3. The van der Waals surface area contributed by atoms with Crippen molar-refractivity contribution in [1.29, 1.82) is 0 Å². The second kappa shape index (κ2) is 4.16. The van der Waals surface area contributed by atoms with Crippen molar-refractivity contribution in [3.8, 4) is 0 Å². The first-order valence-corrected chi connectivity index (χ1v) is 5.76. The molecule has 0 spiro atoms. The SMILES string of the molecule is CC1=NNC=C2CCC(C)CCCC21. The lowest BCUT2D eigenvalue weighted by molar-refractivity contribution is 0.418. The summed E-state index contributed by atoms with van der Waals surface area (Å²) >= 11 is 0. The van der Waals surface area contributed by atoms with Gasteiger partial charge in [-0.25, -0.2) is 0 Å². The minimum Gasteiger partial charge on any atom is -0.286 e. The number of hydrogen-bond acceptors (Lipinski definition) is 2. The summed E-state index contributed by atoms with van der Waals surface area (Å²) in [7, 11) is 0. The van der Waals surface area contributed by atoms with Gasteiger partial charge in [-0.15, -0.1) is 0 Å². The molecule has 2 rings (SSSR count). The van der Waals surface area contributed by atoms with Gasteiger partial charge in [-0.1, -0.05) is 19.8 Å². The van der Waals surface area contributed by atoms with E-state index in [1.54, 1.807) is 5.57 Å². The minimum atomic E-state index is 0.642. The van der Waals surface area contributed by atoms with Crippen LogP contribution >= 0.6 is 0 Å². The third kappa shape index (κ3) is 1.99. The predicted octanol–water partition coefficient (Wildman–Crippen LogP) is 3.07. The highest BCUT2D eigenvalue weighted by atomic mass is 15.3. The molecule has 0 amide bonds. The Morgan fingerprint density at radius 1 is 1.36 bits per heavy atom. The average Bonchev–Trinajstić information content (AvgIpc) is 2.14. The van der Waals surface area contributed by atoms with E-state index in [0.717, 1.165) is 5.92 Å². The van der Waals surface area contributed by atoms with Crippen LogP contribution in [0.4, 0.5) is 0 Å². The van der Waals surface area contributed by atoms with Crippen LogP contribution in [0.5, 0.6) is 0 Å². The first kappa shape index (κ1) is 9.75. The lowest BCUT2D eigenvalue weighted by atomic mass is 9.81. The Balaban J connectivity index is 2.08. The zero-order chi connectivity index (χ0) is 9.97. The van der Waals surface area contributed by atoms with Crippen LogP contribution < -0.4 is 5.43 Å².